The van der Waals surface area contributed by atoms with E-state index < -0.39 is 0 Å². The van der Waals surface area contributed by atoms with Crippen LogP contribution in [0.5, 0.6) is 11.5 Å². The number of thiazole rings is 1. The molecule has 0 fully saturated rings. The molecular weight excluding hydrogens is 348 g/mol. The van der Waals surface area contributed by atoms with Gasteiger partial charge < -0.3 is 14.0 Å². The van der Waals surface area contributed by atoms with E-state index >= 15 is 0 Å². The summed E-state index contributed by atoms with van der Waals surface area (Å²) in [4.78, 5) is 17.6. The van der Waals surface area contributed by atoms with Gasteiger partial charge in [-0.3, -0.25) is 4.79 Å². The Morgan fingerprint density at radius 3 is 2.73 bits per heavy atom. The summed E-state index contributed by atoms with van der Waals surface area (Å²) < 4.78 is 13.2. The topological polar surface area (TPSA) is 52.8 Å². The molecule has 132 valence electrons. The molecule has 1 aliphatic heterocycles. The molecule has 1 amide bonds. The third kappa shape index (κ3) is 3.70. The summed E-state index contributed by atoms with van der Waals surface area (Å²) in [6, 6.07) is 15.3. The average Bonchev–Trinajstić information content (AvgIpc) is 2.96. The quantitative estimate of drug-likeness (QED) is 0.713. The molecule has 26 heavy (non-hydrogen) atoms. The fraction of sp³-hybridized carbons (Fsp3) is 0.200. The van der Waals surface area contributed by atoms with Gasteiger partial charge in [-0.15, -0.1) is 11.3 Å². The molecule has 1 aliphatic rings. The van der Waals surface area contributed by atoms with Crippen molar-refractivity contribution >= 4 is 17.2 Å². The van der Waals surface area contributed by atoms with E-state index in [1.54, 1.807) is 18.2 Å². The summed E-state index contributed by atoms with van der Waals surface area (Å²) in [5.41, 5.74) is 1.66. The minimum Gasteiger partial charge on any atom is -0.490 e. The van der Waals surface area contributed by atoms with Crippen LogP contribution in [0, 0.1) is 0 Å². The monoisotopic (exact) mass is 366 g/mol. The average molecular weight is 366 g/mol. The lowest BCUT2D eigenvalue weighted by Gasteiger charge is -2.07. The minimum absolute atomic E-state index is 0.287. The van der Waals surface area contributed by atoms with Crippen molar-refractivity contribution in [2.75, 3.05) is 13.2 Å². The van der Waals surface area contributed by atoms with E-state index in [2.05, 4.69) is 17.1 Å². The third-order valence-electron chi connectivity index (χ3n) is 4.05. The predicted molar refractivity (Wildman–Crippen MR) is 99.8 cm³/mol. The van der Waals surface area contributed by atoms with E-state index in [4.69, 9.17) is 9.47 Å². The van der Waals surface area contributed by atoms with Gasteiger partial charge in [0.1, 0.15) is 0 Å². The first-order valence-corrected chi connectivity index (χ1v) is 9.34. The number of ether oxygens (including phenoxy) is 2. The van der Waals surface area contributed by atoms with Crippen LogP contribution in [0.1, 0.15) is 22.3 Å². The molecule has 0 unspecified atom stereocenters. The van der Waals surface area contributed by atoms with Crippen LogP contribution in [-0.2, 0) is 6.54 Å². The van der Waals surface area contributed by atoms with Crippen LogP contribution in [0.4, 0.5) is 0 Å². The summed E-state index contributed by atoms with van der Waals surface area (Å²) >= 11 is 1.44. The number of hydrogen-bond acceptors (Lipinski definition) is 4. The Morgan fingerprint density at radius 1 is 1.08 bits per heavy atom. The highest BCUT2D eigenvalue weighted by Gasteiger charge is 2.14. The molecule has 4 rings (SSSR count). The van der Waals surface area contributed by atoms with Crippen molar-refractivity contribution in [1.82, 2.24) is 4.57 Å². The van der Waals surface area contributed by atoms with Gasteiger partial charge in [-0.25, -0.2) is 0 Å². The highest BCUT2D eigenvalue weighted by molar-refractivity contribution is 7.07. The van der Waals surface area contributed by atoms with Crippen molar-refractivity contribution in [1.29, 1.82) is 0 Å². The highest BCUT2D eigenvalue weighted by Crippen LogP contribution is 2.30. The largest absolute Gasteiger partial charge is 0.490 e. The fourth-order valence-corrected chi connectivity index (χ4v) is 3.46. The van der Waals surface area contributed by atoms with Gasteiger partial charge in [0.05, 0.1) is 13.2 Å². The van der Waals surface area contributed by atoms with Gasteiger partial charge in [-0.2, -0.15) is 4.99 Å². The number of amides is 1. The Morgan fingerprint density at radius 2 is 1.88 bits per heavy atom. The Balaban J connectivity index is 1.60. The zero-order valence-corrected chi connectivity index (χ0v) is 14.9. The molecular formula is C20H18N2O3S. The van der Waals surface area contributed by atoms with Gasteiger partial charge >= 0.3 is 0 Å². The van der Waals surface area contributed by atoms with Crippen molar-refractivity contribution in [3.63, 3.8) is 0 Å². The van der Waals surface area contributed by atoms with Crippen LogP contribution in [0.2, 0.25) is 0 Å². The van der Waals surface area contributed by atoms with Crippen LogP contribution in [0.3, 0.4) is 0 Å². The molecule has 5 nitrogen and oxygen atoms in total. The molecule has 0 spiro atoms. The SMILES string of the molecule is O=C(N=c1sccn1Cc1ccccc1)c1ccc2c(c1)OCCCO2. The minimum atomic E-state index is -0.287. The molecule has 0 saturated heterocycles. The van der Waals surface area contributed by atoms with E-state index in [0.717, 1.165) is 12.0 Å². The Kier molecular flexibility index (Phi) is 4.84. The zero-order chi connectivity index (χ0) is 17.8. The second kappa shape index (κ2) is 7.58. The van der Waals surface area contributed by atoms with E-state index in [1.165, 1.54) is 11.3 Å². The highest BCUT2D eigenvalue weighted by atomic mass is 32.1. The van der Waals surface area contributed by atoms with E-state index in [1.807, 2.05) is 34.3 Å². The fourth-order valence-electron chi connectivity index (χ4n) is 2.73. The molecule has 0 saturated carbocycles. The van der Waals surface area contributed by atoms with Crippen molar-refractivity contribution in [2.24, 2.45) is 4.99 Å². The molecule has 0 N–H and O–H groups in total. The third-order valence-corrected chi connectivity index (χ3v) is 4.84. The maximum Gasteiger partial charge on any atom is 0.279 e. The normalized spacial score (nSPS) is 14.1. The molecule has 1 aromatic heterocycles. The molecule has 0 atom stereocenters. The van der Waals surface area contributed by atoms with Gasteiger partial charge in [0.25, 0.3) is 5.91 Å². The van der Waals surface area contributed by atoms with Crippen molar-refractivity contribution in [2.45, 2.75) is 13.0 Å². The smallest absolute Gasteiger partial charge is 0.279 e. The number of fused-ring (bicyclic) bond motifs is 1. The number of benzene rings is 2. The van der Waals surface area contributed by atoms with Crippen LogP contribution >= 0.6 is 11.3 Å². The summed E-state index contributed by atoms with van der Waals surface area (Å²) in [5, 5.41) is 1.93. The lowest BCUT2D eigenvalue weighted by molar-refractivity contribution is 0.0997. The Labute approximate surface area is 155 Å². The number of aromatic nitrogens is 1. The van der Waals surface area contributed by atoms with Crippen molar-refractivity contribution < 1.29 is 14.3 Å². The summed E-state index contributed by atoms with van der Waals surface area (Å²) in [6.45, 7) is 1.89. The van der Waals surface area contributed by atoms with Gasteiger partial charge in [0.15, 0.2) is 16.3 Å². The lowest BCUT2D eigenvalue weighted by Crippen LogP contribution is -2.17. The summed E-state index contributed by atoms with van der Waals surface area (Å²) in [5.74, 6) is 0.992. The zero-order valence-electron chi connectivity index (χ0n) is 14.1. The van der Waals surface area contributed by atoms with Gasteiger partial charge in [-0.1, -0.05) is 30.3 Å². The first-order valence-electron chi connectivity index (χ1n) is 8.46. The summed E-state index contributed by atoms with van der Waals surface area (Å²) in [7, 11) is 0. The van der Waals surface area contributed by atoms with Gasteiger partial charge in [0, 0.05) is 30.1 Å². The molecule has 2 aromatic carbocycles. The maximum absolute atomic E-state index is 12.6. The van der Waals surface area contributed by atoms with Crippen LogP contribution in [0.15, 0.2) is 65.1 Å². The second-order valence-corrected chi connectivity index (χ2v) is 6.80. The Hall–Kier alpha value is -2.86. The van der Waals surface area contributed by atoms with E-state index in [0.29, 0.717) is 41.6 Å². The van der Waals surface area contributed by atoms with Crippen LogP contribution in [0.25, 0.3) is 0 Å². The first-order chi connectivity index (χ1) is 12.8. The molecule has 0 aliphatic carbocycles. The molecule has 6 heteroatoms. The molecule has 3 aromatic rings. The van der Waals surface area contributed by atoms with Crippen LogP contribution in [-0.4, -0.2) is 23.7 Å². The lowest BCUT2D eigenvalue weighted by atomic mass is 10.2. The molecule has 2 heterocycles. The second-order valence-electron chi connectivity index (χ2n) is 5.93. The van der Waals surface area contributed by atoms with Gasteiger partial charge in [-0.05, 0) is 23.8 Å². The van der Waals surface area contributed by atoms with Crippen molar-refractivity contribution in [3.05, 3.63) is 76.0 Å². The van der Waals surface area contributed by atoms with Crippen LogP contribution < -0.4 is 14.3 Å². The summed E-state index contributed by atoms with van der Waals surface area (Å²) in [6.07, 6.45) is 2.77. The van der Waals surface area contributed by atoms with Crippen molar-refractivity contribution in [3.8, 4) is 11.5 Å². The van der Waals surface area contributed by atoms with Gasteiger partial charge in [0.2, 0.25) is 0 Å². The first kappa shape index (κ1) is 16.6. The number of hydrogen-bond donors (Lipinski definition) is 0. The number of carbonyl (C=O) groups is 1. The molecule has 0 bridgehead atoms. The maximum atomic E-state index is 12.6. The molecule has 0 radical (unpaired) electrons. The number of rotatable bonds is 3. The number of carbonyl (C=O) groups excluding carboxylic acids is 1. The van der Waals surface area contributed by atoms with E-state index in [-0.39, 0.29) is 5.91 Å². The number of nitrogens with zero attached hydrogens (tertiary/aromatic N) is 2. The Bertz CT molecular complexity index is 976. The predicted octanol–water partition coefficient (Wildman–Crippen LogP) is 3.50. The van der Waals surface area contributed by atoms with E-state index in [9.17, 15) is 4.79 Å². The standard InChI is InChI=1S/C20H18N2O3S/c23-19(16-7-8-17-18(13-16)25-11-4-10-24-17)21-20-22(9-12-26-20)14-15-5-2-1-3-6-15/h1-3,5-9,12-13H,4,10-11,14H2.